The van der Waals surface area contributed by atoms with Crippen LogP contribution in [0.5, 0.6) is 0 Å². The van der Waals surface area contributed by atoms with Gasteiger partial charge in [0.25, 0.3) is 0 Å². The molecule has 2 rings (SSSR count). The van der Waals surface area contributed by atoms with Gasteiger partial charge in [-0.2, -0.15) is 0 Å². The van der Waals surface area contributed by atoms with Crippen molar-refractivity contribution in [3.63, 3.8) is 0 Å². The molecule has 0 N–H and O–H groups in total. The van der Waals surface area contributed by atoms with Crippen molar-refractivity contribution in [3.8, 4) is 0 Å². The van der Waals surface area contributed by atoms with Crippen LogP contribution in [0.3, 0.4) is 0 Å². The number of nitrogens with zero attached hydrogens (tertiary/aromatic N) is 1. The molecule has 0 aliphatic heterocycles. The zero-order valence-corrected chi connectivity index (χ0v) is 12.1. The minimum absolute atomic E-state index is 0.0293. The molecule has 20 heavy (non-hydrogen) atoms. The van der Waals surface area contributed by atoms with Gasteiger partial charge in [0.05, 0.1) is 0 Å². The Morgan fingerprint density at radius 2 is 1.60 bits per heavy atom. The van der Waals surface area contributed by atoms with Crippen LogP contribution >= 0.6 is 0 Å². The highest BCUT2D eigenvalue weighted by molar-refractivity contribution is 6.32. The molecule has 0 heterocycles. The van der Waals surface area contributed by atoms with Crippen molar-refractivity contribution in [2.45, 2.75) is 0 Å². The third-order valence-electron chi connectivity index (χ3n) is 3.17. The van der Waals surface area contributed by atoms with Crippen molar-refractivity contribution in [3.05, 3.63) is 65.7 Å². The van der Waals surface area contributed by atoms with Crippen molar-refractivity contribution in [1.82, 2.24) is 0 Å². The summed E-state index contributed by atoms with van der Waals surface area (Å²) in [5, 5.41) is 0. The maximum absolute atomic E-state index is 12.0. The summed E-state index contributed by atoms with van der Waals surface area (Å²) in [6, 6.07) is 15.7. The number of hydrogen-bond donors (Lipinski definition) is 0. The summed E-state index contributed by atoms with van der Waals surface area (Å²) >= 11 is 0. The number of allylic oxidation sites excluding steroid dienone is 1. The lowest BCUT2D eigenvalue weighted by molar-refractivity contribution is 0.104. The average Bonchev–Trinajstić information content (AvgIpc) is 2.46. The monoisotopic (exact) mass is 263 g/mol. The largest absolute Gasteiger partial charge is 0.378 e. The van der Waals surface area contributed by atoms with E-state index in [1.165, 1.54) is 0 Å². The predicted molar refractivity (Wildman–Crippen MR) is 88.8 cm³/mol. The third kappa shape index (κ3) is 3.61. The SMILES string of the molecule is Bc1ccc(C(=O)/C=C/c2ccc(N(C)C)cc2)cc1. The summed E-state index contributed by atoms with van der Waals surface area (Å²) in [5.74, 6) is 0.0293. The molecule has 0 saturated heterocycles. The van der Waals surface area contributed by atoms with E-state index in [9.17, 15) is 4.79 Å². The fourth-order valence-electron chi connectivity index (χ4n) is 1.87. The number of rotatable bonds is 4. The second kappa shape index (κ2) is 6.24. The molecule has 0 aliphatic rings. The molecule has 2 nitrogen and oxygen atoms in total. The molecule has 0 atom stereocenters. The van der Waals surface area contributed by atoms with Gasteiger partial charge in [0.2, 0.25) is 0 Å². The van der Waals surface area contributed by atoms with Gasteiger partial charge < -0.3 is 4.90 Å². The zero-order valence-electron chi connectivity index (χ0n) is 12.1. The molecule has 2 aromatic carbocycles. The van der Waals surface area contributed by atoms with Gasteiger partial charge in [-0.1, -0.05) is 47.9 Å². The summed E-state index contributed by atoms with van der Waals surface area (Å²) in [5.41, 5.74) is 4.05. The lowest BCUT2D eigenvalue weighted by Gasteiger charge is -2.11. The van der Waals surface area contributed by atoms with E-state index in [2.05, 4.69) is 0 Å². The summed E-state index contributed by atoms with van der Waals surface area (Å²) in [6.45, 7) is 0. The first-order chi connectivity index (χ1) is 9.56. The number of carbonyl (C=O) groups excluding carboxylic acids is 1. The highest BCUT2D eigenvalue weighted by atomic mass is 16.1. The minimum Gasteiger partial charge on any atom is -0.378 e. The topological polar surface area (TPSA) is 20.3 Å². The van der Waals surface area contributed by atoms with E-state index in [0.29, 0.717) is 0 Å². The lowest BCUT2D eigenvalue weighted by atomic mass is 9.94. The van der Waals surface area contributed by atoms with Crippen molar-refractivity contribution < 1.29 is 4.79 Å². The van der Waals surface area contributed by atoms with E-state index in [0.717, 1.165) is 22.3 Å². The van der Waals surface area contributed by atoms with Crippen molar-refractivity contribution in [2.75, 3.05) is 19.0 Å². The Balaban J connectivity index is 2.08. The van der Waals surface area contributed by atoms with E-state index in [1.807, 2.05) is 81.4 Å². The Labute approximate surface area is 121 Å². The first-order valence-corrected chi connectivity index (χ1v) is 6.63. The van der Waals surface area contributed by atoms with Crippen LogP contribution in [0.25, 0.3) is 6.08 Å². The maximum atomic E-state index is 12.0. The van der Waals surface area contributed by atoms with Crippen LogP contribution in [0.4, 0.5) is 5.69 Å². The van der Waals surface area contributed by atoms with Crippen molar-refractivity contribution in [2.24, 2.45) is 0 Å². The van der Waals surface area contributed by atoms with E-state index in [1.54, 1.807) is 6.08 Å². The maximum Gasteiger partial charge on any atom is 0.185 e. The molecule has 0 fully saturated rings. The predicted octanol–water partition coefficient (Wildman–Crippen LogP) is 1.91. The number of hydrogen-bond acceptors (Lipinski definition) is 2. The Kier molecular flexibility index (Phi) is 4.41. The Hall–Kier alpha value is -2.29. The lowest BCUT2D eigenvalue weighted by Crippen LogP contribution is -2.07. The second-order valence-electron chi connectivity index (χ2n) is 5.05. The number of ketones is 1. The molecule has 3 heteroatoms. The molecule has 0 bridgehead atoms. The molecular weight excluding hydrogens is 245 g/mol. The number of anilines is 1. The fourth-order valence-corrected chi connectivity index (χ4v) is 1.87. The molecule has 100 valence electrons. The third-order valence-corrected chi connectivity index (χ3v) is 3.17. The smallest absolute Gasteiger partial charge is 0.185 e. The van der Waals surface area contributed by atoms with Gasteiger partial charge in [0.15, 0.2) is 5.78 Å². The van der Waals surface area contributed by atoms with Crippen LogP contribution in [0, 0.1) is 0 Å². The second-order valence-corrected chi connectivity index (χ2v) is 5.05. The summed E-state index contributed by atoms with van der Waals surface area (Å²) in [7, 11) is 6.02. The van der Waals surface area contributed by atoms with Gasteiger partial charge >= 0.3 is 0 Å². The fraction of sp³-hybridized carbons (Fsp3) is 0.118. The van der Waals surface area contributed by atoms with Gasteiger partial charge in [-0.25, -0.2) is 0 Å². The van der Waals surface area contributed by atoms with Crippen LogP contribution in [-0.2, 0) is 0 Å². The van der Waals surface area contributed by atoms with Crippen molar-refractivity contribution in [1.29, 1.82) is 0 Å². The van der Waals surface area contributed by atoms with E-state index >= 15 is 0 Å². The van der Waals surface area contributed by atoms with Gasteiger partial charge in [0, 0.05) is 25.3 Å². The molecule has 0 aliphatic carbocycles. The molecule has 0 radical (unpaired) electrons. The molecular formula is C17H18BNO. The van der Waals surface area contributed by atoms with Gasteiger partial charge in [-0.15, -0.1) is 0 Å². The Morgan fingerprint density at radius 3 is 2.15 bits per heavy atom. The highest BCUT2D eigenvalue weighted by Crippen LogP contribution is 2.13. The average molecular weight is 263 g/mol. The van der Waals surface area contributed by atoms with E-state index in [4.69, 9.17) is 0 Å². The highest BCUT2D eigenvalue weighted by Gasteiger charge is 2.00. The molecule has 0 amide bonds. The first-order valence-electron chi connectivity index (χ1n) is 6.63. The summed E-state index contributed by atoms with van der Waals surface area (Å²) < 4.78 is 0. The van der Waals surface area contributed by atoms with Crippen LogP contribution in [0.15, 0.2) is 54.6 Å². The van der Waals surface area contributed by atoms with Crippen LogP contribution < -0.4 is 10.4 Å². The Bertz CT molecular complexity index is 612. The van der Waals surface area contributed by atoms with Crippen LogP contribution in [-0.4, -0.2) is 27.7 Å². The number of carbonyl (C=O) groups is 1. The van der Waals surface area contributed by atoms with Crippen molar-refractivity contribution >= 4 is 30.9 Å². The number of benzene rings is 2. The van der Waals surface area contributed by atoms with Gasteiger partial charge in [-0.3, -0.25) is 4.79 Å². The molecule has 0 aromatic heterocycles. The van der Waals surface area contributed by atoms with E-state index < -0.39 is 0 Å². The van der Waals surface area contributed by atoms with Crippen LogP contribution in [0.1, 0.15) is 15.9 Å². The van der Waals surface area contributed by atoms with Crippen LogP contribution in [0.2, 0.25) is 0 Å². The molecule has 0 saturated carbocycles. The summed E-state index contributed by atoms with van der Waals surface area (Å²) in [4.78, 5) is 14.1. The molecule has 0 spiro atoms. The van der Waals surface area contributed by atoms with Gasteiger partial charge in [-0.05, 0) is 23.8 Å². The molecule has 2 aromatic rings. The zero-order chi connectivity index (χ0) is 14.5. The molecule has 0 unspecified atom stereocenters. The standard InChI is InChI=1S/C17H18BNO/c1-19(2)16-10-3-13(4-11-16)5-12-17(20)14-6-8-15(18)9-7-14/h3-12H,18H2,1-2H3/b12-5+. The first kappa shape index (κ1) is 14.1. The Morgan fingerprint density at radius 1 is 1.00 bits per heavy atom. The minimum atomic E-state index is 0.0293. The normalized spacial score (nSPS) is 10.7. The quantitative estimate of drug-likeness (QED) is 0.477. The summed E-state index contributed by atoms with van der Waals surface area (Å²) in [6.07, 6.45) is 3.47. The van der Waals surface area contributed by atoms with E-state index in [-0.39, 0.29) is 5.78 Å². The van der Waals surface area contributed by atoms with Gasteiger partial charge in [0.1, 0.15) is 7.85 Å².